The maximum Gasteiger partial charge on any atom is 0.195 e. The molecule has 0 aliphatic heterocycles. The molecule has 0 bridgehead atoms. The molecule has 142 heavy (non-hydrogen) atoms. The van der Waals surface area contributed by atoms with Crippen molar-refractivity contribution in [2.45, 2.75) is 208 Å². The van der Waals surface area contributed by atoms with E-state index in [0.29, 0.717) is 0 Å². The van der Waals surface area contributed by atoms with E-state index in [0.717, 1.165) is 23.9 Å². The number of aryl methyl sites for hydroxylation is 12. The largest absolute Gasteiger partial charge is 0.256 e. The highest BCUT2D eigenvalue weighted by atomic mass is 15.4. The molecule has 5 aliphatic carbocycles. The van der Waals surface area contributed by atoms with Crippen LogP contribution >= 0.6 is 0 Å². The van der Waals surface area contributed by atoms with Gasteiger partial charge in [0.25, 0.3) is 0 Å². The van der Waals surface area contributed by atoms with Gasteiger partial charge in [0.2, 0.25) is 0 Å². The summed E-state index contributed by atoms with van der Waals surface area (Å²) in [4.78, 5) is 9.46. The molecule has 0 saturated heterocycles. The van der Waals surface area contributed by atoms with Gasteiger partial charge < -0.3 is 0 Å². The van der Waals surface area contributed by atoms with Gasteiger partial charge in [-0.1, -0.05) is 280 Å². The smallest absolute Gasteiger partial charge is 0.195 e. The second-order valence-electron chi connectivity index (χ2n) is 45.4. The molecule has 0 spiro atoms. The zero-order valence-electron chi connectivity index (χ0n) is 88.3. The summed E-state index contributed by atoms with van der Waals surface area (Å²) in [5, 5.41) is 10.5. The van der Waals surface area contributed by atoms with Crippen LogP contribution in [0.3, 0.4) is 0 Å². The molecule has 12 heteroatoms. The average Bonchev–Trinajstić information content (AvgIpc) is 1.47. The van der Waals surface area contributed by atoms with Crippen LogP contribution in [0.15, 0.2) is 317 Å². The molecule has 12 nitrogen and oxygen atoms in total. The lowest BCUT2D eigenvalue weighted by Crippen LogP contribution is -2.46. The molecule has 25 rings (SSSR count). The second-order valence-corrected chi connectivity index (χ2v) is 45.4. The summed E-state index contributed by atoms with van der Waals surface area (Å²) in [6.07, 6.45) is 27.2. The number of pyridine rings is 2. The number of fused-ring (bicyclic) bond motifs is 23. The molecule has 0 saturated carbocycles. The Labute approximate surface area is 839 Å². The topological polar surface area (TPSA) is 69.8 Å². The lowest BCUT2D eigenvalue weighted by Gasteiger charge is -2.49. The van der Waals surface area contributed by atoms with Gasteiger partial charge in [-0.2, -0.15) is 0 Å². The predicted molar refractivity (Wildman–Crippen MR) is 585 cm³/mol. The van der Waals surface area contributed by atoms with E-state index in [1.807, 2.05) is 24.5 Å². The van der Waals surface area contributed by atoms with Crippen molar-refractivity contribution in [1.82, 2.24) is 33.4 Å². The molecule has 0 radical (unpaired) electrons. The van der Waals surface area contributed by atoms with Crippen LogP contribution in [0, 0.1) is 41.5 Å². The number of hydrogen-bond donors (Lipinski definition) is 0. The minimum Gasteiger partial charge on any atom is -0.256 e. The molecule has 0 atom stereocenters. The fourth-order valence-electron chi connectivity index (χ4n) is 24.7. The van der Waals surface area contributed by atoms with E-state index >= 15 is 0 Å². The lowest BCUT2D eigenvalue weighted by atomic mass is 9.54. The first-order chi connectivity index (χ1) is 67.5. The molecule has 20 aromatic rings. The van der Waals surface area contributed by atoms with E-state index in [-0.39, 0.29) is 43.3 Å². The van der Waals surface area contributed by atoms with Gasteiger partial charge in [0.1, 0.15) is 28.4 Å². The quantitative estimate of drug-likeness (QED) is 0.161. The first-order valence-corrected chi connectivity index (χ1v) is 50.8. The van der Waals surface area contributed by atoms with E-state index in [2.05, 4.69) is 532 Å². The van der Waals surface area contributed by atoms with Crippen molar-refractivity contribution in [2.24, 2.45) is 35.2 Å². The van der Waals surface area contributed by atoms with Crippen LogP contribution < -0.4 is 23.4 Å². The summed E-state index contributed by atoms with van der Waals surface area (Å²) in [6, 6.07) is 90.0. The molecule has 5 aliphatic rings. The highest BCUT2D eigenvalue weighted by Crippen LogP contribution is 2.62. The molecule has 712 valence electrons. The van der Waals surface area contributed by atoms with Crippen molar-refractivity contribution in [3.63, 3.8) is 0 Å². The summed E-state index contributed by atoms with van der Waals surface area (Å²) in [7, 11) is 10.5. The van der Waals surface area contributed by atoms with Crippen molar-refractivity contribution in [3.05, 3.63) is 406 Å². The van der Waals surface area contributed by atoms with Crippen LogP contribution in [0.25, 0.3) is 138 Å². The summed E-state index contributed by atoms with van der Waals surface area (Å²) in [6.45, 7) is 51.6. The van der Waals surface area contributed by atoms with Gasteiger partial charge in [0, 0.05) is 69.7 Å². The third-order valence-corrected chi connectivity index (χ3v) is 35.6. The van der Waals surface area contributed by atoms with Crippen molar-refractivity contribution in [3.8, 4) is 84.1 Å². The summed E-state index contributed by atoms with van der Waals surface area (Å²) >= 11 is 0. The normalized spacial score (nSPS) is 15.8. The van der Waals surface area contributed by atoms with Gasteiger partial charge >= 0.3 is 0 Å². The van der Waals surface area contributed by atoms with Gasteiger partial charge in [-0.3, -0.25) is 9.97 Å². The Bertz CT molecular complexity index is 8530. The van der Waals surface area contributed by atoms with Gasteiger partial charge in [-0.25, -0.2) is 0 Å². The minimum absolute atomic E-state index is 0.00539. The highest BCUT2D eigenvalue weighted by Gasteiger charge is 2.53. The summed E-state index contributed by atoms with van der Waals surface area (Å²) in [5.74, 6) is 0. The SMILES string of the molecule is Cc1cc2c(cc1-n1ccc[n+]1C)-c1c(ccc3ccccc13)C(C)(C)C2(C)C.Cc1cc2c(cc1-n1ccc[n+]1C)-c1cc3ncccc3cc1C(C)(C)C2(C)C.Cc1ccc2c(c1-n1ccc[n+]1C)C(C)(C)C(C)(C)c1c-2ccc2cccnc12.Cc1ccc2c(c1-n1ccc[n+]1C)CCc1cc3ccccc3cc1-2.Cc1ccc2c3c(ccc2c1)-c1cc(-n2ccc[n+]2C)c(C)cc1C(C)(C)C3(C)C. The Morgan fingerprint density at radius 3 is 1.23 bits per heavy atom. The molecule has 0 amide bonds. The van der Waals surface area contributed by atoms with Crippen molar-refractivity contribution in [2.75, 3.05) is 0 Å². The third-order valence-electron chi connectivity index (χ3n) is 35.6. The van der Waals surface area contributed by atoms with E-state index in [1.54, 1.807) is 0 Å². The van der Waals surface area contributed by atoms with Crippen LogP contribution in [-0.4, -0.2) is 33.4 Å². The zero-order valence-corrected chi connectivity index (χ0v) is 88.3. The average molecular weight is 1870 g/mol. The van der Waals surface area contributed by atoms with Crippen LogP contribution in [0.2, 0.25) is 0 Å². The van der Waals surface area contributed by atoms with Crippen LogP contribution in [-0.2, 0) is 91.4 Å². The highest BCUT2D eigenvalue weighted by molar-refractivity contribution is 6.03. The minimum atomic E-state index is -0.0858. The molecule has 7 heterocycles. The van der Waals surface area contributed by atoms with Crippen LogP contribution in [0.5, 0.6) is 0 Å². The fraction of sp³-hybridized carbons (Fsp3) is 0.285. The molecule has 0 fully saturated rings. The van der Waals surface area contributed by atoms with E-state index in [1.165, 1.54) is 216 Å². The van der Waals surface area contributed by atoms with Crippen molar-refractivity contribution < 1.29 is 23.4 Å². The van der Waals surface area contributed by atoms with Crippen LogP contribution in [0.4, 0.5) is 0 Å². The van der Waals surface area contributed by atoms with Gasteiger partial charge in [-0.15, -0.1) is 46.8 Å². The third kappa shape index (κ3) is 14.5. The monoisotopic (exact) mass is 1870 g/mol. The summed E-state index contributed by atoms with van der Waals surface area (Å²) in [5.41, 5.74) is 44.2. The first kappa shape index (κ1) is 93.8. The zero-order chi connectivity index (χ0) is 100. The van der Waals surface area contributed by atoms with E-state index < -0.39 is 0 Å². The molecular weight excluding hydrogens is 1730 g/mol. The maximum atomic E-state index is 4.82. The molecular formula is C130H137N12+5. The number of benzene rings is 13. The van der Waals surface area contributed by atoms with Gasteiger partial charge in [-0.05, 0) is 301 Å². The van der Waals surface area contributed by atoms with Gasteiger partial charge in [0.05, 0.1) is 42.0 Å². The van der Waals surface area contributed by atoms with E-state index in [4.69, 9.17) is 4.98 Å². The van der Waals surface area contributed by atoms with E-state index in [9.17, 15) is 0 Å². The molecule has 13 aromatic carbocycles. The predicted octanol–water partition coefficient (Wildman–Crippen LogP) is 27.6. The Hall–Kier alpha value is -14.5. The fourth-order valence-corrected chi connectivity index (χ4v) is 24.7. The molecule has 0 unspecified atom stereocenters. The summed E-state index contributed by atoms with van der Waals surface area (Å²) < 4.78 is 21.9. The van der Waals surface area contributed by atoms with Gasteiger partial charge in [0.15, 0.2) is 66.2 Å². The Morgan fingerprint density at radius 1 is 0.254 bits per heavy atom. The first-order valence-electron chi connectivity index (χ1n) is 50.8. The second kappa shape index (κ2) is 33.9. The maximum absolute atomic E-state index is 4.82. The number of rotatable bonds is 5. The van der Waals surface area contributed by atoms with Crippen molar-refractivity contribution >= 4 is 54.1 Å². The lowest BCUT2D eigenvalue weighted by molar-refractivity contribution is -0.744. The molecule has 7 aromatic heterocycles. The number of nitrogens with zero attached hydrogens (tertiary/aromatic N) is 12. The standard InChI is InChI=1S/C28H31N2.C27H29N2.2C26H28N3.C23H21N2/c1-18-9-11-21-20(15-18)10-12-22-23-17-25(30-14-8-13-29(30)7)19(2)16-24(23)27(3,4)28(5,6)26(21)22;1-18-16-23-21(17-24(18)29-15-9-14-28(29)6)25-20-11-8-7-10-19(20)12-13-22(25)26(2,3)27(23,4)5;1-17-10-12-20-19-13-11-18-9-7-14-27-23(18)21(19)25(2,3)26(4,5)22(20)24(17)29-16-8-15-28(29)6;1-17-13-21-20(16-24(17)29-12-8-11-28(29)6)19-15-23-18(9-7-10-27-23)14-22(19)26(4,5)25(21,2)3;1-16-8-10-20-21(23(16)25-13-5-12-24(25)2)11-9-19-14-17-6-3-4-7-18(17)15-22(19)20/h8-17H,1-7H3;7-17H,1-6H3;2*7-16H,1-6H3;3-8,10,12-15H,9,11H2,1-2H3/q5*+1. The van der Waals surface area contributed by atoms with Crippen LogP contribution in [0.1, 0.15) is 200 Å². The Morgan fingerprint density at radius 2 is 0.662 bits per heavy atom. The number of aromatic nitrogens is 12. The Kier molecular flexibility index (Phi) is 22.4. The molecule has 0 N–H and O–H groups in total. The number of hydrogen-bond acceptors (Lipinski definition) is 2. The Balaban J connectivity index is 0.000000105. The van der Waals surface area contributed by atoms with Crippen molar-refractivity contribution in [1.29, 1.82) is 0 Å².